The lowest BCUT2D eigenvalue weighted by Gasteiger charge is -2.32. The van der Waals surface area contributed by atoms with Gasteiger partial charge in [-0.05, 0) is 56.3 Å². The van der Waals surface area contributed by atoms with Crippen LogP contribution < -0.4 is 10.6 Å². The molecule has 2 aromatic carbocycles. The normalized spacial score (nSPS) is 13.8. The average molecular weight is 565 g/mol. The zero-order valence-corrected chi connectivity index (χ0v) is 24.3. The van der Waals surface area contributed by atoms with E-state index in [0.717, 1.165) is 60.9 Å². The summed E-state index contributed by atoms with van der Waals surface area (Å²) in [6, 6.07) is 13.6. The maximum Gasteiger partial charge on any atom is 0.255 e. The average Bonchev–Trinajstić information content (AvgIpc) is 3.33. The summed E-state index contributed by atoms with van der Waals surface area (Å²) in [4.78, 5) is 26.5. The minimum Gasteiger partial charge on any atom is -0.394 e. The molecule has 10 nitrogen and oxygen atoms in total. The second-order valence-electron chi connectivity index (χ2n) is 10.5. The molecule has 1 aliphatic rings. The molecule has 3 heterocycles. The van der Waals surface area contributed by atoms with E-state index < -0.39 is 0 Å². The molecule has 42 heavy (non-hydrogen) atoms. The van der Waals surface area contributed by atoms with Gasteiger partial charge < -0.3 is 20.6 Å². The SMILES string of the molecule is Cc1ccc(C(=O)Nc2ccc(CN3CCN(C)CC3)cc2)cc1C#Cc1cnc(Nc2cn(CCO)nc2C)nc1. The Hall–Kier alpha value is -4.56. The van der Waals surface area contributed by atoms with Crippen LogP contribution in [0.5, 0.6) is 0 Å². The van der Waals surface area contributed by atoms with Gasteiger partial charge in [0.05, 0.1) is 30.1 Å². The molecule has 1 amide bonds. The van der Waals surface area contributed by atoms with Gasteiger partial charge in [0.25, 0.3) is 5.91 Å². The first-order chi connectivity index (χ1) is 20.4. The fraction of sp³-hybridized carbons (Fsp3) is 0.312. The van der Waals surface area contributed by atoms with Gasteiger partial charge in [-0.25, -0.2) is 9.97 Å². The molecule has 2 aromatic heterocycles. The molecule has 10 heteroatoms. The van der Waals surface area contributed by atoms with Crippen molar-refractivity contribution < 1.29 is 9.90 Å². The van der Waals surface area contributed by atoms with Crippen molar-refractivity contribution in [3.63, 3.8) is 0 Å². The smallest absolute Gasteiger partial charge is 0.255 e. The van der Waals surface area contributed by atoms with Gasteiger partial charge in [0.1, 0.15) is 0 Å². The Morgan fingerprint density at radius 3 is 2.45 bits per heavy atom. The second kappa shape index (κ2) is 13.4. The Balaban J connectivity index is 1.19. The van der Waals surface area contributed by atoms with Crippen LogP contribution >= 0.6 is 0 Å². The molecule has 0 bridgehead atoms. The number of aliphatic hydroxyl groups is 1. The summed E-state index contributed by atoms with van der Waals surface area (Å²) >= 11 is 0. The van der Waals surface area contributed by atoms with Crippen molar-refractivity contribution in [2.75, 3.05) is 50.5 Å². The van der Waals surface area contributed by atoms with Crippen molar-refractivity contribution in [2.24, 2.45) is 0 Å². The third kappa shape index (κ3) is 7.59. The largest absolute Gasteiger partial charge is 0.394 e. The zero-order chi connectivity index (χ0) is 29.5. The summed E-state index contributed by atoms with van der Waals surface area (Å²) in [7, 11) is 2.16. The summed E-state index contributed by atoms with van der Waals surface area (Å²) in [5, 5.41) is 19.6. The van der Waals surface area contributed by atoms with Crippen LogP contribution in [0.2, 0.25) is 0 Å². The number of hydrogen-bond donors (Lipinski definition) is 3. The van der Waals surface area contributed by atoms with Crippen molar-refractivity contribution in [3.8, 4) is 11.8 Å². The molecule has 1 aliphatic heterocycles. The van der Waals surface area contributed by atoms with Crippen LogP contribution in [0, 0.1) is 25.7 Å². The van der Waals surface area contributed by atoms with Crippen molar-refractivity contribution in [1.82, 2.24) is 29.5 Å². The highest BCUT2D eigenvalue weighted by Gasteiger charge is 2.14. The number of aryl methyl sites for hydroxylation is 2. The first-order valence-electron chi connectivity index (χ1n) is 14.0. The van der Waals surface area contributed by atoms with Crippen molar-refractivity contribution >= 4 is 23.2 Å². The van der Waals surface area contributed by atoms with E-state index in [4.69, 9.17) is 5.11 Å². The summed E-state index contributed by atoms with van der Waals surface area (Å²) in [5.41, 5.74) is 6.49. The maximum absolute atomic E-state index is 13.0. The lowest BCUT2D eigenvalue weighted by Crippen LogP contribution is -2.43. The van der Waals surface area contributed by atoms with Crippen molar-refractivity contribution in [3.05, 3.63) is 94.6 Å². The molecular weight excluding hydrogens is 528 g/mol. The van der Waals surface area contributed by atoms with Gasteiger partial charge in [-0.15, -0.1) is 0 Å². The predicted molar refractivity (Wildman–Crippen MR) is 164 cm³/mol. The summed E-state index contributed by atoms with van der Waals surface area (Å²) in [5.74, 6) is 6.50. The molecule has 0 spiro atoms. The highest BCUT2D eigenvalue weighted by Crippen LogP contribution is 2.18. The number of anilines is 3. The van der Waals surface area contributed by atoms with E-state index in [1.165, 1.54) is 5.56 Å². The topological polar surface area (TPSA) is 111 Å². The Bertz CT molecular complexity index is 1580. The quantitative estimate of drug-likeness (QED) is 0.279. The van der Waals surface area contributed by atoms with E-state index in [9.17, 15) is 4.79 Å². The molecule has 1 fully saturated rings. The molecule has 216 valence electrons. The summed E-state index contributed by atoms with van der Waals surface area (Å²) in [6.45, 7) is 9.53. The van der Waals surface area contributed by atoms with Crippen LogP contribution in [-0.2, 0) is 13.1 Å². The monoisotopic (exact) mass is 564 g/mol. The van der Waals surface area contributed by atoms with Gasteiger partial charge in [0.15, 0.2) is 0 Å². The number of hydrogen-bond acceptors (Lipinski definition) is 8. The molecule has 0 aliphatic carbocycles. The molecule has 0 atom stereocenters. The van der Waals surface area contributed by atoms with Gasteiger partial charge in [-0.2, -0.15) is 5.10 Å². The van der Waals surface area contributed by atoms with Gasteiger partial charge in [0, 0.05) is 68.1 Å². The number of piperazine rings is 1. The summed E-state index contributed by atoms with van der Waals surface area (Å²) < 4.78 is 1.67. The Morgan fingerprint density at radius 1 is 1.00 bits per heavy atom. The molecular formula is C32H36N8O2. The summed E-state index contributed by atoms with van der Waals surface area (Å²) in [6.07, 6.45) is 5.10. The van der Waals surface area contributed by atoms with E-state index in [1.54, 1.807) is 23.3 Å². The van der Waals surface area contributed by atoms with Gasteiger partial charge in [-0.3, -0.25) is 14.4 Å². The third-order valence-corrected chi connectivity index (χ3v) is 7.23. The molecule has 4 aromatic rings. The van der Waals surface area contributed by atoms with E-state index >= 15 is 0 Å². The number of nitrogens with one attached hydrogen (secondary N) is 2. The van der Waals surface area contributed by atoms with Crippen LogP contribution in [0.3, 0.4) is 0 Å². The number of carbonyl (C=O) groups excluding carboxylic acids is 1. The molecule has 5 rings (SSSR count). The van der Waals surface area contributed by atoms with Crippen LogP contribution in [0.15, 0.2) is 61.1 Å². The van der Waals surface area contributed by atoms with Gasteiger partial charge in [0.2, 0.25) is 5.95 Å². The maximum atomic E-state index is 13.0. The standard InChI is InChI=1S/C32H36N8O2/c1-23-4-8-28(31(42)35-29-10-6-25(7-11-29)21-39-14-12-38(3)13-15-39)18-27(23)9-5-26-19-33-32(34-20-26)36-30-22-40(16-17-41)37-24(30)2/h4,6-8,10-11,18-20,22,41H,12-17,21H2,1-3H3,(H,35,42)(H,33,34,36). The molecule has 3 N–H and O–H groups in total. The number of rotatable bonds is 8. The molecule has 0 unspecified atom stereocenters. The first-order valence-corrected chi connectivity index (χ1v) is 14.0. The van der Waals surface area contributed by atoms with E-state index in [0.29, 0.717) is 23.6 Å². The minimum atomic E-state index is -0.179. The third-order valence-electron chi connectivity index (χ3n) is 7.23. The van der Waals surface area contributed by atoms with Crippen LogP contribution in [0.4, 0.5) is 17.3 Å². The lowest BCUT2D eigenvalue weighted by atomic mass is 10.0. The first kappa shape index (κ1) is 29.0. The van der Waals surface area contributed by atoms with Crippen LogP contribution in [0.1, 0.15) is 38.3 Å². The van der Waals surface area contributed by atoms with E-state index in [-0.39, 0.29) is 12.5 Å². The fourth-order valence-corrected chi connectivity index (χ4v) is 4.63. The Morgan fingerprint density at radius 2 is 1.74 bits per heavy atom. The van der Waals surface area contributed by atoms with Gasteiger partial charge in [-0.1, -0.05) is 30.0 Å². The number of nitrogens with zero attached hydrogens (tertiary/aromatic N) is 6. The highest BCUT2D eigenvalue weighted by atomic mass is 16.3. The Kier molecular flexibility index (Phi) is 9.24. The predicted octanol–water partition coefficient (Wildman–Crippen LogP) is 3.43. The Labute approximate surface area is 246 Å². The molecule has 0 radical (unpaired) electrons. The van der Waals surface area contributed by atoms with E-state index in [2.05, 4.69) is 66.5 Å². The second-order valence-corrected chi connectivity index (χ2v) is 10.5. The number of aliphatic hydroxyl groups excluding tert-OH is 1. The number of amides is 1. The fourth-order valence-electron chi connectivity index (χ4n) is 4.63. The lowest BCUT2D eigenvalue weighted by molar-refractivity contribution is 0.102. The van der Waals surface area contributed by atoms with Gasteiger partial charge >= 0.3 is 0 Å². The van der Waals surface area contributed by atoms with Crippen molar-refractivity contribution in [1.29, 1.82) is 0 Å². The number of aromatic nitrogens is 4. The minimum absolute atomic E-state index is 0.0167. The van der Waals surface area contributed by atoms with Crippen LogP contribution in [-0.4, -0.2) is 80.4 Å². The van der Waals surface area contributed by atoms with Crippen LogP contribution in [0.25, 0.3) is 0 Å². The zero-order valence-electron chi connectivity index (χ0n) is 24.3. The van der Waals surface area contributed by atoms with E-state index in [1.807, 2.05) is 44.2 Å². The molecule has 1 saturated heterocycles. The number of benzene rings is 2. The molecule has 0 saturated carbocycles. The number of likely N-dealkylation sites (N-methyl/N-ethyl adjacent to an activating group) is 1. The highest BCUT2D eigenvalue weighted by molar-refractivity contribution is 6.04. The number of carbonyl (C=O) groups is 1. The van der Waals surface area contributed by atoms with Crippen molar-refractivity contribution in [2.45, 2.75) is 26.9 Å².